The van der Waals surface area contributed by atoms with Crippen LogP contribution in [0.3, 0.4) is 0 Å². The van der Waals surface area contributed by atoms with E-state index in [4.69, 9.17) is 0 Å². The van der Waals surface area contributed by atoms with Crippen LogP contribution in [0.4, 0.5) is 0 Å². The molecule has 1 saturated heterocycles. The van der Waals surface area contributed by atoms with Gasteiger partial charge in [-0.1, -0.05) is 0 Å². The van der Waals surface area contributed by atoms with Gasteiger partial charge in [0.05, 0.1) is 5.69 Å². The Hall–Kier alpha value is -1.64. The second kappa shape index (κ2) is 11.3. The highest BCUT2D eigenvalue weighted by Gasteiger charge is 2.17. The Morgan fingerprint density at radius 3 is 2.81 bits per heavy atom. The molecule has 1 atom stereocenters. The number of hydrogen-bond acceptors (Lipinski definition) is 5. The van der Waals surface area contributed by atoms with Crippen LogP contribution in [-0.2, 0) is 17.9 Å². The van der Waals surface area contributed by atoms with Gasteiger partial charge in [-0.05, 0) is 45.7 Å². The number of rotatable bonds is 7. The molecule has 152 valence electrons. The molecular weight excluding hydrogens is 389 g/mol. The Morgan fingerprint density at radius 2 is 2.15 bits per heavy atom. The van der Waals surface area contributed by atoms with Crippen molar-refractivity contribution in [1.29, 1.82) is 0 Å². The maximum absolute atomic E-state index is 12.1. The van der Waals surface area contributed by atoms with Crippen molar-refractivity contribution in [3.8, 4) is 0 Å². The van der Waals surface area contributed by atoms with Crippen LogP contribution in [0.25, 0.3) is 0 Å². The van der Waals surface area contributed by atoms with Crippen molar-refractivity contribution < 1.29 is 4.79 Å². The van der Waals surface area contributed by atoms with Crippen molar-refractivity contribution in [2.24, 2.45) is 0 Å². The van der Waals surface area contributed by atoms with E-state index in [9.17, 15) is 4.79 Å². The van der Waals surface area contributed by atoms with Crippen molar-refractivity contribution in [2.45, 2.75) is 52.1 Å². The van der Waals surface area contributed by atoms with Crippen LogP contribution < -0.4 is 10.6 Å². The van der Waals surface area contributed by atoms with Gasteiger partial charge in [-0.2, -0.15) is 10.2 Å². The van der Waals surface area contributed by atoms with Crippen molar-refractivity contribution in [3.05, 3.63) is 29.6 Å². The molecule has 10 heteroatoms. The lowest BCUT2D eigenvalue weighted by Gasteiger charge is -2.20. The summed E-state index contributed by atoms with van der Waals surface area (Å²) in [6.07, 6.45) is 5.07. The maximum Gasteiger partial charge on any atom is 0.241 e. The molecule has 1 amide bonds. The van der Waals surface area contributed by atoms with Gasteiger partial charge in [-0.25, -0.2) is 4.98 Å². The molecule has 1 fully saturated rings. The average molecular weight is 418 g/mol. The summed E-state index contributed by atoms with van der Waals surface area (Å²) in [5.74, 6) is 2.14. The summed E-state index contributed by atoms with van der Waals surface area (Å²) < 4.78 is 3.60. The number of piperidine rings is 1. The second-order valence-electron chi connectivity index (χ2n) is 6.61. The van der Waals surface area contributed by atoms with Crippen molar-refractivity contribution >= 4 is 30.7 Å². The van der Waals surface area contributed by atoms with Gasteiger partial charge in [0.1, 0.15) is 18.2 Å². The SMILES string of the molecule is Cc1nc(C)n(CCCNC(=O)Cn2ccc(C3CCCNC3)n2)n1.Cl.Cl. The molecule has 2 aromatic rings. The fourth-order valence-electron chi connectivity index (χ4n) is 3.22. The third-order valence-corrected chi connectivity index (χ3v) is 4.51. The minimum atomic E-state index is -0.0112. The molecule has 0 bridgehead atoms. The summed E-state index contributed by atoms with van der Waals surface area (Å²) in [4.78, 5) is 16.3. The average Bonchev–Trinajstić information content (AvgIpc) is 3.19. The van der Waals surface area contributed by atoms with Crippen LogP contribution in [0.5, 0.6) is 0 Å². The molecule has 0 aliphatic carbocycles. The van der Waals surface area contributed by atoms with Crippen LogP contribution in [0, 0.1) is 13.8 Å². The third kappa shape index (κ3) is 6.79. The number of nitrogens with one attached hydrogen (secondary N) is 2. The van der Waals surface area contributed by atoms with E-state index in [0.29, 0.717) is 12.5 Å². The van der Waals surface area contributed by atoms with E-state index in [1.807, 2.05) is 30.8 Å². The summed E-state index contributed by atoms with van der Waals surface area (Å²) in [5, 5.41) is 15.2. The predicted octanol–water partition coefficient (Wildman–Crippen LogP) is 1.61. The highest BCUT2D eigenvalue weighted by atomic mass is 35.5. The summed E-state index contributed by atoms with van der Waals surface area (Å²) in [7, 11) is 0. The molecule has 8 nitrogen and oxygen atoms in total. The highest BCUT2D eigenvalue weighted by molar-refractivity contribution is 5.85. The molecule has 1 aliphatic rings. The van der Waals surface area contributed by atoms with Crippen LogP contribution in [0.2, 0.25) is 0 Å². The summed E-state index contributed by atoms with van der Waals surface area (Å²) in [5.41, 5.74) is 1.08. The molecular formula is C17H29Cl2N7O. The zero-order valence-corrected chi connectivity index (χ0v) is 17.5. The van der Waals surface area contributed by atoms with Gasteiger partial charge in [0.15, 0.2) is 0 Å². The van der Waals surface area contributed by atoms with E-state index in [1.165, 1.54) is 6.42 Å². The van der Waals surface area contributed by atoms with E-state index in [1.54, 1.807) is 4.68 Å². The molecule has 1 aliphatic heterocycles. The molecule has 0 aromatic carbocycles. The number of amides is 1. The monoisotopic (exact) mass is 417 g/mol. The number of carbonyl (C=O) groups is 1. The maximum atomic E-state index is 12.1. The highest BCUT2D eigenvalue weighted by Crippen LogP contribution is 2.21. The third-order valence-electron chi connectivity index (χ3n) is 4.51. The first-order valence-electron chi connectivity index (χ1n) is 9.00. The molecule has 27 heavy (non-hydrogen) atoms. The smallest absolute Gasteiger partial charge is 0.241 e. The standard InChI is InChI=1S/C17H27N7O.2ClH/c1-13-20-14(2)24(21-13)9-4-8-19-17(25)12-23-10-6-16(22-23)15-5-3-7-18-11-15;;/h6,10,15,18H,3-5,7-9,11-12H2,1-2H3,(H,19,25);2*1H. The Balaban J connectivity index is 0.00000182. The van der Waals surface area contributed by atoms with Gasteiger partial charge in [-0.15, -0.1) is 24.8 Å². The van der Waals surface area contributed by atoms with Crippen LogP contribution in [0.1, 0.15) is 42.5 Å². The van der Waals surface area contributed by atoms with Crippen LogP contribution >= 0.6 is 24.8 Å². The molecule has 0 radical (unpaired) electrons. The lowest BCUT2D eigenvalue weighted by atomic mass is 9.97. The number of aryl methyl sites for hydroxylation is 3. The van der Waals surface area contributed by atoms with E-state index in [2.05, 4.69) is 25.8 Å². The quantitative estimate of drug-likeness (QED) is 0.667. The molecule has 1 unspecified atom stereocenters. The van der Waals surface area contributed by atoms with Gasteiger partial charge in [0.25, 0.3) is 0 Å². The van der Waals surface area contributed by atoms with Gasteiger partial charge in [0.2, 0.25) is 5.91 Å². The van der Waals surface area contributed by atoms with E-state index >= 15 is 0 Å². The van der Waals surface area contributed by atoms with E-state index in [-0.39, 0.29) is 37.3 Å². The lowest BCUT2D eigenvalue weighted by Crippen LogP contribution is -2.30. The minimum absolute atomic E-state index is 0. The summed E-state index contributed by atoms with van der Waals surface area (Å²) in [6.45, 7) is 7.54. The topological polar surface area (TPSA) is 89.7 Å². The Kier molecular flexibility index (Phi) is 9.76. The molecule has 3 heterocycles. The number of nitrogens with zero attached hydrogens (tertiary/aromatic N) is 5. The number of aromatic nitrogens is 5. The molecule has 0 spiro atoms. The van der Waals surface area contributed by atoms with E-state index in [0.717, 1.165) is 49.8 Å². The number of halogens is 2. The largest absolute Gasteiger partial charge is 0.354 e. The minimum Gasteiger partial charge on any atom is -0.354 e. The van der Waals surface area contributed by atoms with E-state index < -0.39 is 0 Å². The first kappa shape index (κ1) is 23.4. The fraction of sp³-hybridized carbons (Fsp3) is 0.647. The van der Waals surface area contributed by atoms with Gasteiger partial charge in [-0.3, -0.25) is 14.2 Å². The molecule has 2 N–H and O–H groups in total. The zero-order chi connectivity index (χ0) is 17.6. The van der Waals surface area contributed by atoms with Gasteiger partial charge in [0, 0.05) is 31.7 Å². The van der Waals surface area contributed by atoms with Crippen molar-refractivity contribution in [3.63, 3.8) is 0 Å². The van der Waals surface area contributed by atoms with Gasteiger partial charge >= 0.3 is 0 Å². The van der Waals surface area contributed by atoms with Crippen LogP contribution in [-0.4, -0.2) is 50.1 Å². The number of carbonyl (C=O) groups excluding carboxylic acids is 1. The normalized spacial score (nSPS) is 16.3. The number of hydrogen-bond donors (Lipinski definition) is 2. The second-order valence-corrected chi connectivity index (χ2v) is 6.61. The first-order chi connectivity index (χ1) is 12.1. The lowest BCUT2D eigenvalue weighted by molar-refractivity contribution is -0.121. The predicted molar refractivity (Wildman–Crippen MR) is 109 cm³/mol. The molecule has 2 aromatic heterocycles. The van der Waals surface area contributed by atoms with Gasteiger partial charge < -0.3 is 10.6 Å². The molecule has 3 rings (SSSR count). The fourth-order valence-corrected chi connectivity index (χ4v) is 3.22. The molecule has 0 saturated carbocycles. The summed E-state index contributed by atoms with van der Waals surface area (Å²) >= 11 is 0. The first-order valence-corrected chi connectivity index (χ1v) is 9.00. The van der Waals surface area contributed by atoms with Crippen molar-refractivity contribution in [2.75, 3.05) is 19.6 Å². The Morgan fingerprint density at radius 1 is 1.33 bits per heavy atom. The van der Waals surface area contributed by atoms with Crippen LogP contribution in [0.15, 0.2) is 12.3 Å². The van der Waals surface area contributed by atoms with Crippen molar-refractivity contribution in [1.82, 2.24) is 35.2 Å². The Bertz CT molecular complexity index is 710. The summed E-state index contributed by atoms with van der Waals surface area (Å²) in [6, 6.07) is 2.03. The zero-order valence-electron chi connectivity index (χ0n) is 15.8. The Labute approximate surface area is 172 Å².